The number of thioether (sulfide) groups is 1. The Morgan fingerprint density at radius 3 is 2.60 bits per heavy atom. The van der Waals surface area contributed by atoms with Crippen LogP contribution in [0.3, 0.4) is 0 Å². The molecule has 0 aromatic heterocycles. The average molecular weight is 504 g/mol. The first-order valence-corrected chi connectivity index (χ1v) is 12.2. The van der Waals surface area contributed by atoms with Gasteiger partial charge in [0, 0.05) is 12.2 Å². The van der Waals surface area contributed by atoms with Crippen LogP contribution >= 0.6 is 24.0 Å². The van der Waals surface area contributed by atoms with E-state index in [2.05, 4.69) is 10.6 Å². The second-order valence-electron chi connectivity index (χ2n) is 7.80. The Labute approximate surface area is 212 Å². The van der Waals surface area contributed by atoms with Gasteiger partial charge in [-0.3, -0.25) is 9.69 Å². The monoisotopic (exact) mass is 503 g/mol. The number of hydrogen-bond acceptors (Lipinski definition) is 6. The van der Waals surface area contributed by atoms with Crippen LogP contribution in [-0.4, -0.2) is 29.4 Å². The van der Waals surface area contributed by atoms with E-state index in [0.29, 0.717) is 51.7 Å². The molecule has 7 nitrogen and oxygen atoms in total. The Balaban J connectivity index is 1.33. The number of carbonyl (C=O) groups excluding carboxylic acids is 2. The van der Waals surface area contributed by atoms with Crippen molar-refractivity contribution < 1.29 is 19.1 Å². The van der Waals surface area contributed by atoms with E-state index < -0.39 is 0 Å². The number of thiocarbonyl (C=S) groups is 1. The van der Waals surface area contributed by atoms with Crippen molar-refractivity contribution >= 4 is 57.7 Å². The van der Waals surface area contributed by atoms with Crippen LogP contribution in [0.1, 0.15) is 12.0 Å². The lowest BCUT2D eigenvalue weighted by Crippen LogP contribution is -2.35. The zero-order valence-electron chi connectivity index (χ0n) is 18.5. The Kier molecular flexibility index (Phi) is 6.69. The molecule has 1 saturated heterocycles. The molecule has 0 atom stereocenters. The second-order valence-corrected chi connectivity index (χ2v) is 9.52. The predicted molar refractivity (Wildman–Crippen MR) is 142 cm³/mol. The molecule has 0 unspecified atom stereocenters. The summed E-state index contributed by atoms with van der Waals surface area (Å²) in [6.45, 7) is 1.00. The van der Waals surface area contributed by atoms with Crippen LogP contribution < -0.4 is 25.0 Å². The maximum Gasteiger partial charge on any atom is 0.326 e. The van der Waals surface area contributed by atoms with Crippen molar-refractivity contribution in [3.8, 4) is 17.2 Å². The number of para-hydroxylation sites is 1. The Morgan fingerprint density at radius 1 is 1.09 bits per heavy atom. The van der Waals surface area contributed by atoms with Gasteiger partial charge in [-0.2, -0.15) is 0 Å². The minimum Gasteiger partial charge on any atom is -0.491 e. The lowest BCUT2D eigenvalue weighted by Gasteiger charge is -2.22. The van der Waals surface area contributed by atoms with Crippen LogP contribution in [0, 0.1) is 0 Å². The van der Waals surface area contributed by atoms with E-state index in [9.17, 15) is 9.59 Å². The highest BCUT2D eigenvalue weighted by molar-refractivity contribution is 8.26. The van der Waals surface area contributed by atoms with Crippen LogP contribution in [0.4, 0.5) is 16.2 Å². The second kappa shape index (κ2) is 10.2. The molecular formula is C26H21N3O4S2. The lowest BCUT2D eigenvalue weighted by molar-refractivity contribution is -0.115. The largest absolute Gasteiger partial charge is 0.491 e. The van der Waals surface area contributed by atoms with Crippen molar-refractivity contribution in [1.82, 2.24) is 5.32 Å². The number of amides is 3. The Bertz CT molecular complexity index is 1310. The molecule has 3 amide bonds. The van der Waals surface area contributed by atoms with Crippen LogP contribution in [-0.2, 0) is 4.79 Å². The number of benzene rings is 3. The number of hydrogen-bond donors (Lipinski definition) is 2. The summed E-state index contributed by atoms with van der Waals surface area (Å²) in [6.07, 6.45) is 2.45. The Morgan fingerprint density at radius 2 is 1.86 bits per heavy atom. The van der Waals surface area contributed by atoms with E-state index in [1.165, 1.54) is 11.8 Å². The van der Waals surface area contributed by atoms with E-state index >= 15 is 0 Å². The minimum absolute atomic E-state index is 0.222. The topological polar surface area (TPSA) is 79.9 Å². The molecule has 0 radical (unpaired) electrons. The summed E-state index contributed by atoms with van der Waals surface area (Å²) in [5.74, 6) is 1.81. The quantitative estimate of drug-likeness (QED) is 0.347. The van der Waals surface area contributed by atoms with Gasteiger partial charge in [-0.15, -0.1) is 0 Å². The summed E-state index contributed by atoms with van der Waals surface area (Å²) in [5.41, 5.74) is 2.06. The smallest absolute Gasteiger partial charge is 0.326 e. The zero-order valence-corrected chi connectivity index (χ0v) is 20.2. The van der Waals surface area contributed by atoms with Crippen LogP contribution in [0.25, 0.3) is 6.08 Å². The van der Waals surface area contributed by atoms with Gasteiger partial charge < -0.3 is 20.1 Å². The fraction of sp³-hybridized carbons (Fsp3) is 0.115. The maximum absolute atomic E-state index is 13.2. The number of fused-ring (bicyclic) bond motifs is 1. The fourth-order valence-corrected chi connectivity index (χ4v) is 4.73. The van der Waals surface area contributed by atoms with Gasteiger partial charge in [-0.1, -0.05) is 48.2 Å². The third kappa shape index (κ3) is 5.47. The van der Waals surface area contributed by atoms with Gasteiger partial charge in [0.25, 0.3) is 5.91 Å². The van der Waals surface area contributed by atoms with Crippen molar-refractivity contribution in [2.75, 3.05) is 23.4 Å². The number of anilines is 2. The molecule has 0 aliphatic carbocycles. The van der Waals surface area contributed by atoms with Crippen molar-refractivity contribution in [1.29, 1.82) is 0 Å². The zero-order chi connectivity index (χ0) is 24.2. The highest BCUT2D eigenvalue weighted by Crippen LogP contribution is 2.35. The molecule has 1 fully saturated rings. The van der Waals surface area contributed by atoms with Crippen molar-refractivity contribution in [3.63, 3.8) is 0 Å². The molecule has 2 aliphatic rings. The Hall–Kier alpha value is -3.82. The third-order valence-electron chi connectivity index (χ3n) is 5.33. The molecule has 2 heterocycles. The number of nitrogens with zero attached hydrogens (tertiary/aromatic N) is 1. The molecule has 3 aromatic carbocycles. The molecule has 3 aromatic rings. The van der Waals surface area contributed by atoms with Gasteiger partial charge in [0.05, 0.1) is 17.2 Å². The van der Waals surface area contributed by atoms with Crippen LogP contribution in [0.15, 0.2) is 77.7 Å². The van der Waals surface area contributed by atoms with Crippen molar-refractivity contribution in [2.45, 2.75) is 6.42 Å². The summed E-state index contributed by atoms with van der Waals surface area (Å²) < 4.78 is 12.1. The first kappa shape index (κ1) is 22.9. The molecular weight excluding hydrogens is 482 g/mol. The molecule has 2 N–H and O–H groups in total. The highest BCUT2D eigenvalue weighted by Gasteiger charge is 2.25. The molecule has 9 heteroatoms. The van der Waals surface area contributed by atoms with Gasteiger partial charge in [0.15, 0.2) is 0 Å². The number of carbonyl (C=O) groups is 2. The minimum atomic E-state index is -0.271. The van der Waals surface area contributed by atoms with E-state index in [1.807, 2.05) is 48.5 Å². The number of ether oxygens (including phenoxy) is 2. The third-order valence-corrected chi connectivity index (χ3v) is 6.49. The number of urea groups is 1. The molecule has 176 valence electrons. The highest BCUT2D eigenvalue weighted by atomic mass is 32.2. The van der Waals surface area contributed by atoms with Crippen LogP contribution in [0.2, 0.25) is 0 Å². The van der Waals surface area contributed by atoms with Gasteiger partial charge in [-0.05, 0) is 66.6 Å². The summed E-state index contributed by atoms with van der Waals surface area (Å²) in [7, 11) is 0. The number of nitrogens with one attached hydrogen (secondary N) is 2. The average Bonchev–Trinajstić information content (AvgIpc) is 3.04. The van der Waals surface area contributed by atoms with E-state index in [-0.39, 0.29) is 11.9 Å². The van der Waals surface area contributed by atoms with Crippen molar-refractivity contribution in [3.05, 3.63) is 83.3 Å². The predicted octanol–water partition coefficient (Wildman–Crippen LogP) is 5.79. The van der Waals surface area contributed by atoms with Gasteiger partial charge in [0.2, 0.25) is 0 Å². The first-order valence-electron chi connectivity index (χ1n) is 11.0. The molecule has 2 aliphatic heterocycles. The fourth-order valence-electron chi connectivity index (χ4n) is 3.69. The van der Waals surface area contributed by atoms with E-state index in [4.69, 9.17) is 21.7 Å². The van der Waals surface area contributed by atoms with Gasteiger partial charge in [-0.25, -0.2) is 4.79 Å². The van der Waals surface area contributed by atoms with Crippen LogP contribution in [0.5, 0.6) is 17.2 Å². The number of rotatable bonds is 4. The van der Waals surface area contributed by atoms with E-state index in [0.717, 1.165) is 11.3 Å². The lowest BCUT2D eigenvalue weighted by atomic mass is 10.1. The first-order chi connectivity index (χ1) is 17.0. The molecule has 5 rings (SSSR count). The maximum atomic E-state index is 13.2. The summed E-state index contributed by atoms with van der Waals surface area (Å²) >= 11 is 6.28. The van der Waals surface area contributed by atoms with E-state index in [1.54, 1.807) is 35.2 Å². The molecule has 0 saturated carbocycles. The summed E-state index contributed by atoms with van der Waals surface area (Å²) in [6, 6.07) is 22.0. The molecule has 0 bridgehead atoms. The van der Waals surface area contributed by atoms with Gasteiger partial charge in [0.1, 0.15) is 21.6 Å². The van der Waals surface area contributed by atoms with Gasteiger partial charge >= 0.3 is 6.03 Å². The normalized spacial score (nSPS) is 16.2. The molecule has 0 spiro atoms. The summed E-state index contributed by atoms with van der Waals surface area (Å²) in [4.78, 5) is 27.4. The summed E-state index contributed by atoms with van der Waals surface area (Å²) in [5, 5.41) is 5.56. The van der Waals surface area contributed by atoms with Crippen molar-refractivity contribution in [2.24, 2.45) is 0 Å². The standard InChI is InChI=1S/C26H21N3O4S2/c30-24-23(35-26(34)28-24)16-17-7-12-22-21(15-17)29(13-4-14-32-22)25(31)27-18-8-10-20(11-9-18)33-19-5-2-1-3-6-19/h1-3,5-12,15-16H,4,13-14H2,(H,27,31)(H,28,30,34). The molecule has 35 heavy (non-hydrogen) atoms. The SMILES string of the molecule is O=C1NC(=S)SC1=Cc1ccc2c(c1)N(C(=O)Nc1ccc(Oc3ccccc3)cc1)CCCO2.